The van der Waals surface area contributed by atoms with Gasteiger partial charge in [0.15, 0.2) is 5.96 Å². The van der Waals surface area contributed by atoms with E-state index in [4.69, 9.17) is 16.6 Å². The first-order chi connectivity index (χ1) is 13.9. The number of hydrogen-bond donors (Lipinski definition) is 2. The van der Waals surface area contributed by atoms with Gasteiger partial charge in [-0.1, -0.05) is 6.92 Å². The van der Waals surface area contributed by atoms with Crippen molar-refractivity contribution in [3.05, 3.63) is 0 Å². The van der Waals surface area contributed by atoms with E-state index in [1.807, 2.05) is 0 Å². The number of rotatable bonds is 5. The SMILES string of the molecule is C[C@H](CC(O)NC1=NC2CCC(C#N)CC2N1C1(C)CCC1)C1CCC(Cl)CC1. The second kappa shape index (κ2) is 8.63. The van der Waals surface area contributed by atoms with Crippen LogP contribution in [0.25, 0.3) is 0 Å². The van der Waals surface area contributed by atoms with Gasteiger partial charge in [0.05, 0.1) is 18.2 Å². The maximum Gasteiger partial charge on any atom is 0.197 e. The van der Waals surface area contributed by atoms with Gasteiger partial charge in [0.1, 0.15) is 6.23 Å². The van der Waals surface area contributed by atoms with E-state index >= 15 is 0 Å². The number of aliphatic hydroxyl groups is 1. The predicted octanol–water partition coefficient (Wildman–Crippen LogP) is 4.39. The molecule has 2 N–H and O–H groups in total. The molecule has 0 saturated heterocycles. The second-order valence-corrected chi connectivity index (χ2v) is 10.9. The fraction of sp³-hybridized carbons (Fsp3) is 0.913. The fourth-order valence-corrected chi connectivity index (χ4v) is 6.40. The van der Waals surface area contributed by atoms with E-state index in [2.05, 4.69) is 30.1 Å². The summed E-state index contributed by atoms with van der Waals surface area (Å²) in [6, 6.07) is 3.07. The molecule has 3 fully saturated rings. The van der Waals surface area contributed by atoms with Crippen molar-refractivity contribution in [2.45, 2.75) is 114 Å². The summed E-state index contributed by atoms with van der Waals surface area (Å²) < 4.78 is 0. The van der Waals surface area contributed by atoms with Gasteiger partial charge in [0.2, 0.25) is 0 Å². The highest BCUT2D eigenvalue weighted by atomic mass is 35.5. The number of nitrogens with one attached hydrogen (secondary N) is 1. The molecular formula is C23H37ClN4O. The topological polar surface area (TPSA) is 71.6 Å². The molecule has 0 aromatic rings. The Bertz CT molecular complexity index is 650. The zero-order valence-electron chi connectivity index (χ0n) is 18.0. The third-order valence-corrected chi connectivity index (χ3v) is 8.66. The Labute approximate surface area is 180 Å². The lowest BCUT2D eigenvalue weighted by molar-refractivity contribution is 0.0382. The molecule has 4 unspecified atom stereocenters. The third kappa shape index (κ3) is 4.39. The first-order valence-corrected chi connectivity index (χ1v) is 12.2. The van der Waals surface area contributed by atoms with Gasteiger partial charge in [-0.05, 0) is 89.4 Å². The molecule has 0 radical (unpaired) electrons. The molecule has 4 rings (SSSR count). The van der Waals surface area contributed by atoms with Crippen LogP contribution in [0.5, 0.6) is 0 Å². The summed E-state index contributed by atoms with van der Waals surface area (Å²) >= 11 is 6.26. The van der Waals surface area contributed by atoms with Gasteiger partial charge < -0.3 is 15.3 Å². The highest BCUT2D eigenvalue weighted by Gasteiger charge is 2.50. The number of fused-ring (bicyclic) bond motifs is 1. The summed E-state index contributed by atoms with van der Waals surface area (Å²) in [7, 11) is 0. The van der Waals surface area contributed by atoms with Crippen molar-refractivity contribution in [2.24, 2.45) is 22.7 Å². The molecule has 1 heterocycles. The van der Waals surface area contributed by atoms with Crippen LogP contribution in [-0.4, -0.2) is 45.2 Å². The average molecular weight is 421 g/mol. The Balaban J connectivity index is 1.40. The third-order valence-electron chi connectivity index (χ3n) is 8.22. The zero-order valence-corrected chi connectivity index (χ0v) is 18.7. The number of nitrogens with zero attached hydrogens (tertiary/aromatic N) is 3. The molecule has 3 saturated carbocycles. The predicted molar refractivity (Wildman–Crippen MR) is 117 cm³/mol. The molecule has 0 aromatic heterocycles. The first-order valence-electron chi connectivity index (χ1n) is 11.7. The van der Waals surface area contributed by atoms with Crippen LogP contribution in [0.4, 0.5) is 0 Å². The number of guanidine groups is 1. The van der Waals surface area contributed by atoms with Crippen molar-refractivity contribution in [1.29, 1.82) is 5.26 Å². The largest absolute Gasteiger partial charge is 0.374 e. The molecule has 29 heavy (non-hydrogen) atoms. The van der Waals surface area contributed by atoms with Gasteiger partial charge in [-0.2, -0.15) is 5.26 Å². The van der Waals surface area contributed by atoms with Crippen LogP contribution in [-0.2, 0) is 0 Å². The van der Waals surface area contributed by atoms with Crippen molar-refractivity contribution < 1.29 is 5.11 Å². The number of halogens is 1. The van der Waals surface area contributed by atoms with Crippen LogP contribution >= 0.6 is 11.6 Å². The summed E-state index contributed by atoms with van der Waals surface area (Å²) in [6.45, 7) is 4.59. The number of aliphatic imine (C=N–C) groups is 1. The number of hydrogen-bond acceptors (Lipinski definition) is 5. The van der Waals surface area contributed by atoms with Crippen molar-refractivity contribution in [3.63, 3.8) is 0 Å². The first kappa shape index (κ1) is 21.2. The molecule has 0 aromatic carbocycles. The quantitative estimate of drug-likeness (QED) is 0.511. The summed E-state index contributed by atoms with van der Waals surface area (Å²) in [5.74, 6) is 2.15. The van der Waals surface area contributed by atoms with Crippen LogP contribution in [0.3, 0.4) is 0 Å². The van der Waals surface area contributed by atoms with Crippen LogP contribution in [0.2, 0.25) is 0 Å². The van der Waals surface area contributed by atoms with Crippen molar-refractivity contribution >= 4 is 17.6 Å². The Morgan fingerprint density at radius 2 is 2.00 bits per heavy atom. The maximum absolute atomic E-state index is 10.9. The standard InChI is InChI=1S/C23H37ClN4O/c1-15(17-5-7-18(24)8-6-17)12-21(29)27-22-26-19-9-4-16(14-25)13-20(19)28(22)23(2)10-3-11-23/h15-21,29H,3-13H2,1-2H3,(H,26,27)/t15-,16?,17?,18?,19?,20?,21?/m1/s1. The lowest BCUT2D eigenvalue weighted by atomic mass is 9.74. The maximum atomic E-state index is 10.9. The summed E-state index contributed by atoms with van der Waals surface area (Å²) in [6.07, 6.45) is 11.1. The van der Waals surface area contributed by atoms with Gasteiger partial charge in [0.25, 0.3) is 0 Å². The second-order valence-electron chi connectivity index (χ2n) is 10.3. The summed E-state index contributed by atoms with van der Waals surface area (Å²) in [5.41, 5.74) is 0.118. The van der Waals surface area contributed by atoms with E-state index < -0.39 is 6.23 Å². The van der Waals surface area contributed by atoms with E-state index in [0.29, 0.717) is 23.3 Å². The van der Waals surface area contributed by atoms with Crippen molar-refractivity contribution in [3.8, 4) is 6.07 Å². The smallest absolute Gasteiger partial charge is 0.197 e. The van der Waals surface area contributed by atoms with E-state index in [1.165, 1.54) is 32.1 Å². The molecule has 162 valence electrons. The molecule has 1 aliphatic heterocycles. The van der Waals surface area contributed by atoms with Crippen LogP contribution in [0.15, 0.2) is 4.99 Å². The Morgan fingerprint density at radius 3 is 2.62 bits per heavy atom. The van der Waals surface area contributed by atoms with Gasteiger partial charge in [0, 0.05) is 16.8 Å². The molecule has 3 aliphatic carbocycles. The van der Waals surface area contributed by atoms with E-state index in [1.54, 1.807) is 0 Å². The molecule has 5 nitrogen and oxygen atoms in total. The highest BCUT2D eigenvalue weighted by Crippen LogP contribution is 2.45. The minimum Gasteiger partial charge on any atom is -0.374 e. The molecule has 0 spiro atoms. The van der Waals surface area contributed by atoms with E-state index in [9.17, 15) is 10.4 Å². The van der Waals surface area contributed by atoms with Crippen LogP contribution < -0.4 is 5.32 Å². The highest BCUT2D eigenvalue weighted by molar-refractivity contribution is 6.20. The normalized spacial score (nSPS) is 38.2. The Kier molecular flexibility index (Phi) is 6.33. The van der Waals surface area contributed by atoms with Crippen molar-refractivity contribution in [2.75, 3.05) is 0 Å². The summed E-state index contributed by atoms with van der Waals surface area (Å²) in [4.78, 5) is 7.48. The summed E-state index contributed by atoms with van der Waals surface area (Å²) in [5, 5.41) is 24.1. The minimum absolute atomic E-state index is 0.118. The number of alkyl halides is 1. The zero-order chi connectivity index (χ0) is 20.6. The van der Waals surface area contributed by atoms with Gasteiger partial charge >= 0.3 is 0 Å². The lowest BCUT2D eigenvalue weighted by Gasteiger charge is -2.52. The lowest BCUT2D eigenvalue weighted by Crippen LogP contribution is -2.62. The van der Waals surface area contributed by atoms with Crippen LogP contribution in [0.1, 0.15) is 84.5 Å². The molecular weight excluding hydrogens is 384 g/mol. The van der Waals surface area contributed by atoms with Gasteiger partial charge in [-0.3, -0.25) is 0 Å². The Morgan fingerprint density at radius 1 is 1.28 bits per heavy atom. The molecule has 0 bridgehead atoms. The Hall–Kier alpha value is -0.990. The molecule has 5 atom stereocenters. The molecule has 0 amide bonds. The average Bonchev–Trinajstić information content (AvgIpc) is 3.03. The fourth-order valence-electron chi connectivity index (χ4n) is 6.14. The van der Waals surface area contributed by atoms with E-state index in [0.717, 1.165) is 44.5 Å². The van der Waals surface area contributed by atoms with E-state index in [-0.39, 0.29) is 17.5 Å². The number of nitriles is 1. The minimum atomic E-state index is -0.574. The monoisotopic (exact) mass is 420 g/mol. The van der Waals surface area contributed by atoms with Crippen molar-refractivity contribution in [1.82, 2.24) is 10.2 Å². The number of aliphatic hydroxyl groups excluding tert-OH is 1. The molecule has 6 heteroatoms. The van der Waals surface area contributed by atoms with Gasteiger partial charge in [-0.25, -0.2) is 4.99 Å². The molecule has 4 aliphatic rings. The van der Waals surface area contributed by atoms with Crippen LogP contribution in [0, 0.1) is 29.1 Å². The van der Waals surface area contributed by atoms with Gasteiger partial charge in [-0.15, -0.1) is 11.6 Å².